The van der Waals surface area contributed by atoms with Crippen LogP contribution in [0.2, 0.25) is 0 Å². The highest BCUT2D eigenvalue weighted by molar-refractivity contribution is 7.15. The Morgan fingerprint density at radius 2 is 2.09 bits per heavy atom. The third kappa shape index (κ3) is 4.59. The normalized spacial score (nSPS) is 13.0. The van der Waals surface area contributed by atoms with Crippen molar-refractivity contribution in [2.24, 2.45) is 0 Å². The van der Waals surface area contributed by atoms with E-state index in [0.717, 1.165) is 5.69 Å². The van der Waals surface area contributed by atoms with Gasteiger partial charge < -0.3 is 15.5 Å². The summed E-state index contributed by atoms with van der Waals surface area (Å²) in [5.74, 6) is -0.203. The predicted octanol–water partition coefficient (Wildman–Crippen LogP) is 3.78. The number of aliphatic hydroxyl groups is 1. The monoisotopic (exact) mass is 475 g/mol. The molecule has 0 bridgehead atoms. The van der Waals surface area contributed by atoms with Crippen LogP contribution in [0.3, 0.4) is 0 Å². The van der Waals surface area contributed by atoms with Crippen molar-refractivity contribution in [3.05, 3.63) is 62.9 Å². The Morgan fingerprint density at radius 3 is 2.81 bits per heavy atom. The minimum Gasteiger partial charge on any atom is -0.465 e. The Kier molecular flexibility index (Phi) is 5.86. The van der Waals surface area contributed by atoms with Crippen molar-refractivity contribution in [3.63, 3.8) is 0 Å². The SMILES string of the molecule is Cc1csc(C(C)(O)c2nnc(Nc3ccn(Cc4cccc(NC(=O)O)c4F)n3)s2)n1. The number of anilines is 3. The average Bonchev–Trinajstić information content (AvgIpc) is 3.47. The van der Waals surface area contributed by atoms with Gasteiger partial charge in [0.1, 0.15) is 5.01 Å². The van der Waals surface area contributed by atoms with Crippen LogP contribution in [-0.4, -0.2) is 41.3 Å². The van der Waals surface area contributed by atoms with Crippen molar-refractivity contribution in [3.8, 4) is 0 Å². The number of thiazole rings is 1. The van der Waals surface area contributed by atoms with E-state index in [1.54, 1.807) is 31.3 Å². The largest absolute Gasteiger partial charge is 0.465 e. The van der Waals surface area contributed by atoms with Crippen molar-refractivity contribution in [1.29, 1.82) is 0 Å². The summed E-state index contributed by atoms with van der Waals surface area (Å²) in [5, 5.41) is 40.4. The molecule has 0 spiro atoms. The Bertz CT molecular complexity index is 1270. The van der Waals surface area contributed by atoms with Gasteiger partial charge in [-0.3, -0.25) is 10.00 Å². The van der Waals surface area contributed by atoms with Gasteiger partial charge in [0.2, 0.25) is 5.13 Å². The molecular weight excluding hydrogens is 457 g/mol. The number of aryl methyl sites for hydroxylation is 1. The van der Waals surface area contributed by atoms with Crippen LogP contribution in [0.25, 0.3) is 0 Å². The molecule has 166 valence electrons. The lowest BCUT2D eigenvalue weighted by Crippen LogP contribution is -2.22. The fourth-order valence-electron chi connectivity index (χ4n) is 2.85. The smallest absolute Gasteiger partial charge is 0.409 e. The maximum absolute atomic E-state index is 14.5. The van der Waals surface area contributed by atoms with Gasteiger partial charge in [0, 0.05) is 28.9 Å². The first-order chi connectivity index (χ1) is 15.2. The molecule has 4 rings (SSSR count). The van der Waals surface area contributed by atoms with E-state index in [9.17, 15) is 14.3 Å². The summed E-state index contributed by atoms with van der Waals surface area (Å²) in [6.07, 6.45) is 0.308. The number of amides is 1. The van der Waals surface area contributed by atoms with Gasteiger partial charge >= 0.3 is 6.09 Å². The molecule has 0 fully saturated rings. The molecule has 0 saturated carbocycles. The number of carboxylic acid groups (broad SMARTS) is 1. The lowest BCUT2D eigenvalue weighted by molar-refractivity contribution is 0.101. The molecule has 13 heteroatoms. The number of aromatic nitrogens is 5. The number of benzene rings is 1. The van der Waals surface area contributed by atoms with Crippen molar-refractivity contribution in [1.82, 2.24) is 25.0 Å². The van der Waals surface area contributed by atoms with E-state index in [1.165, 1.54) is 33.4 Å². The lowest BCUT2D eigenvalue weighted by atomic mass is 10.1. The fraction of sp³-hybridized carbons (Fsp3) is 0.211. The number of hydrogen-bond donors (Lipinski definition) is 4. The number of rotatable bonds is 7. The van der Waals surface area contributed by atoms with Gasteiger partial charge in [-0.25, -0.2) is 14.2 Å². The number of carbonyl (C=O) groups is 1. The zero-order chi connectivity index (χ0) is 22.9. The first-order valence-corrected chi connectivity index (χ1v) is 11.0. The number of nitrogens with one attached hydrogen (secondary N) is 2. The highest BCUT2D eigenvalue weighted by Crippen LogP contribution is 2.35. The molecule has 0 aliphatic carbocycles. The maximum atomic E-state index is 14.5. The van der Waals surface area contributed by atoms with Crippen molar-refractivity contribution >= 4 is 45.4 Å². The molecule has 1 unspecified atom stereocenters. The Balaban J connectivity index is 1.46. The van der Waals surface area contributed by atoms with Crippen LogP contribution in [0.1, 0.15) is 28.2 Å². The summed E-state index contributed by atoms with van der Waals surface area (Å²) in [6.45, 7) is 3.57. The second-order valence-electron chi connectivity index (χ2n) is 7.01. The van der Waals surface area contributed by atoms with Crippen LogP contribution < -0.4 is 10.6 Å². The Morgan fingerprint density at radius 1 is 1.28 bits per heavy atom. The van der Waals surface area contributed by atoms with Crippen LogP contribution in [-0.2, 0) is 12.1 Å². The van der Waals surface area contributed by atoms with Crippen molar-refractivity contribution in [2.75, 3.05) is 10.6 Å². The van der Waals surface area contributed by atoms with Crippen LogP contribution in [0.5, 0.6) is 0 Å². The van der Waals surface area contributed by atoms with Crippen molar-refractivity contribution < 1.29 is 19.4 Å². The standard InChI is InChI=1S/C19H18FN7O3S2/c1-10-9-31-15(21-10)19(2,30)16-24-25-17(32-16)23-13-6-7-27(26-13)8-11-4-3-5-12(14(11)20)22-18(28)29/h3-7,9,22,30H,8H2,1-2H3,(H,28,29)(H,23,25,26). The predicted molar refractivity (Wildman–Crippen MR) is 118 cm³/mol. The lowest BCUT2D eigenvalue weighted by Gasteiger charge is -2.16. The quantitative estimate of drug-likeness (QED) is 0.317. The molecule has 3 heterocycles. The average molecular weight is 476 g/mol. The highest BCUT2D eigenvalue weighted by atomic mass is 32.1. The van der Waals surface area contributed by atoms with Crippen LogP contribution >= 0.6 is 22.7 Å². The fourth-order valence-corrected chi connectivity index (χ4v) is 4.57. The Labute approximate surface area is 189 Å². The molecule has 0 saturated heterocycles. The van der Waals surface area contributed by atoms with Gasteiger partial charge in [0.25, 0.3) is 0 Å². The van der Waals surface area contributed by atoms with Gasteiger partial charge in [0.05, 0.1) is 12.2 Å². The van der Waals surface area contributed by atoms with Crippen LogP contribution in [0, 0.1) is 12.7 Å². The van der Waals surface area contributed by atoms with E-state index < -0.39 is 17.5 Å². The van der Waals surface area contributed by atoms with Crippen LogP contribution in [0.15, 0.2) is 35.8 Å². The number of nitrogens with zero attached hydrogens (tertiary/aromatic N) is 5. The second-order valence-corrected chi connectivity index (χ2v) is 8.85. The maximum Gasteiger partial charge on any atom is 0.409 e. The minimum absolute atomic E-state index is 0.0993. The molecule has 0 aliphatic heterocycles. The number of halogens is 1. The molecule has 0 radical (unpaired) electrons. The summed E-state index contributed by atoms with van der Waals surface area (Å²) in [6, 6.07) is 6.14. The summed E-state index contributed by atoms with van der Waals surface area (Å²) < 4.78 is 16.0. The molecule has 4 aromatic rings. The molecular formula is C19H18FN7O3S2. The topological polar surface area (TPSA) is 138 Å². The van der Waals surface area contributed by atoms with E-state index in [1.807, 2.05) is 17.6 Å². The molecule has 10 nitrogen and oxygen atoms in total. The first-order valence-electron chi connectivity index (χ1n) is 9.29. The summed E-state index contributed by atoms with van der Waals surface area (Å²) in [7, 11) is 0. The summed E-state index contributed by atoms with van der Waals surface area (Å²) >= 11 is 2.52. The van der Waals surface area contributed by atoms with Gasteiger partial charge in [-0.05, 0) is 19.9 Å². The van der Waals surface area contributed by atoms with E-state index in [4.69, 9.17) is 5.11 Å². The third-order valence-corrected chi connectivity index (χ3v) is 6.63. The van der Waals surface area contributed by atoms with Gasteiger partial charge in [-0.2, -0.15) is 5.10 Å². The van der Waals surface area contributed by atoms with Gasteiger partial charge in [-0.1, -0.05) is 23.5 Å². The highest BCUT2D eigenvalue weighted by Gasteiger charge is 2.33. The summed E-state index contributed by atoms with van der Waals surface area (Å²) in [5.41, 5.74) is -0.384. The molecule has 0 aliphatic rings. The zero-order valence-corrected chi connectivity index (χ0v) is 18.5. The first kappa shape index (κ1) is 21.8. The van der Waals surface area contributed by atoms with E-state index in [-0.39, 0.29) is 17.8 Å². The van der Waals surface area contributed by atoms with E-state index >= 15 is 0 Å². The van der Waals surface area contributed by atoms with Gasteiger partial charge in [-0.15, -0.1) is 21.5 Å². The molecule has 1 aromatic carbocycles. The molecule has 3 aromatic heterocycles. The van der Waals surface area contributed by atoms with Gasteiger partial charge in [0.15, 0.2) is 22.2 Å². The van der Waals surface area contributed by atoms with Crippen LogP contribution in [0.4, 0.5) is 25.8 Å². The van der Waals surface area contributed by atoms with Crippen molar-refractivity contribution in [2.45, 2.75) is 26.0 Å². The molecule has 1 amide bonds. The zero-order valence-electron chi connectivity index (χ0n) is 16.9. The minimum atomic E-state index is -1.36. The third-order valence-electron chi connectivity index (χ3n) is 4.41. The Hall–Kier alpha value is -3.42. The number of hydrogen-bond acceptors (Lipinski definition) is 9. The second kappa shape index (κ2) is 8.61. The summed E-state index contributed by atoms with van der Waals surface area (Å²) in [4.78, 5) is 15.1. The van der Waals surface area contributed by atoms with E-state index in [2.05, 4.69) is 25.6 Å². The molecule has 32 heavy (non-hydrogen) atoms. The molecule has 4 N–H and O–H groups in total. The van der Waals surface area contributed by atoms with E-state index in [0.29, 0.717) is 21.0 Å². The molecule has 1 atom stereocenters.